The van der Waals surface area contributed by atoms with Crippen LogP contribution in [-0.4, -0.2) is 42.1 Å². The number of fused-ring (bicyclic) bond motifs is 2. The van der Waals surface area contributed by atoms with Gasteiger partial charge in [-0.05, 0) is 62.8 Å². The van der Waals surface area contributed by atoms with Gasteiger partial charge in [0.1, 0.15) is 5.75 Å². The Morgan fingerprint density at radius 1 is 1.04 bits per heavy atom. The van der Waals surface area contributed by atoms with Gasteiger partial charge in [-0.1, -0.05) is 6.42 Å². The summed E-state index contributed by atoms with van der Waals surface area (Å²) in [6.07, 6.45) is 8.98. The third-order valence-electron chi connectivity index (χ3n) is 5.69. The molecule has 1 saturated carbocycles. The first kappa shape index (κ1) is 15.0. The van der Waals surface area contributed by atoms with E-state index in [0.717, 1.165) is 30.2 Å². The number of benzene rings is 1. The molecule has 2 bridgehead atoms. The molecule has 124 valence electrons. The van der Waals surface area contributed by atoms with Crippen molar-refractivity contribution in [2.24, 2.45) is 0 Å². The van der Waals surface area contributed by atoms with Crippen molar-refractivity contribution in [3.63, 3.8) is 0 Å². The molecule has 1 amide bonds. The maximum Gasteiger partial charge on any atom is 0.251 e. The van der Waals surface area contributed by atoms with Gasteiger partial charge in [0, 0.05) is 29.7 Å². The van der Waals surface area contributed by atoms with Crippen LogP contribution < -0.4 is 10.1 Å². The van der Waals surface area contributed by atoms with Crippen molar-refractivity contribution in [2.75, 3.05) is 7.11 Å². The van der Waals surface area contributed by atoms with Gasteiger partial charge in [0.05, 0.1) is 7.11 Å². The Hall–Kier alpha value is -1.55. The Balaban J connectivity index is 1.40. The van der Waals surface area contributed by atoms with Crippen LogP contribution in [0.15, 0.2) is 24.3 Å². The third-order valence-corrected chi connectivity index (χ3v) is 5.69. The molecular formula is C19H26N2O2. The number of carbonyl (C=O) groups is 1. The zero-order valence-corrected chi connectivity index (χ0v) is 13.8. The molecule has 0 aromatic heterocycles. The van der Waals surface area contributed by atoms with Crippen molar-refractivity contribution < 1.29 is 9.53 Å². The van der Waals surface area contributed by atoms with Gasteiger partial charge in [0.15, 0.2) is 0 Å². The van der Waals surface area contributed by atoms with E-state index in [4.69, 9.17) is 4.74 Å². The summed E-state index contributed by atoms with van der Waals surface area (Å²) in [4.78, 5) is 15.3. The molecule has 2 atom stereocenters. The highest BCUT2D eigenvalue weighted by Gasteiger charge is 2.45. The van der Waals surface area contributed by atoms with Crippen LogP contribution in [-0.2, 0) is 0 Å². The highest BCUT2D eigenvalue weighted by Crippen LogP contribution is 2.41. The fourth-order valence-corrected chi connectivity index (χ4v) is 4.52. The monoisotopic (exact) mass is 314 g/mol. The normalized spacial score (nSPS) is 30.7. The summed E-state index contributed by atoms with van der Waals surface area (Å²) in [6.45, 7) is 0. The summed E-state index contributed by atoms with van der Waals surface area (Å²) >= 11 is 0. The molecule has 1 N–H and O–H groups in total. The molecular weight excluding hydrogens is 288 g/mol. The van der Waals surface area contributed by atoms with Crippen molar-refractivity contribution in [1.82, 2.24) is 10.2 Å². The van der Waals surface area contributed by atoms with Crippen LogP contribution >= 0.6 is 0 Å². The molecule has 23 heavy (non-hydrogen) atoms. The molecule has 1 aliphatic carbocycles. The van der Waals surface area contributed by atoms with Crippen LogP contribution in [0.25, 0.3) is 0 Å². The van der Waals surface area contributed by atoms with E-state index in [-0.39, 0.29) is 5.91 Å². The van der Waals surface area contributed by atoms with E-state index in [9.17, 15) is 4.79 Å². The fraction of sp³-hybridized carbons (Fsp3) is 0.632. The predicted molar refractivity (Wildman–Crippen MR) is 89.8 cm³/mol. The maximum atomic E-state index is 12.5. The molecule has 3 fully saturated rings. The number of rotatable bonds is 4. The standard InChI is InChI=1S/C19H26N2O2/c1-23-18-9-5-13(6-10-18)19(22)20-14-11-16-3-2-4-17(12-14)21(16)15-7-8-15/h5-6,9-10,14-17H,2-4,7-8,11-12H2,1H3,(H,20,22). The Bertz CT molecular complexity index is 553. The lowest BCUT2D eigenvalue weighted by atomic mass is 9.81. The van der Waals surface area contributed by atoms with Crippen molar-refractivity contribution in [2.45, 2.75) is 69.1 Å². The van der Waals surface area contributed by atoms with E-state index in [0.29, 0.717) is 18.1 Å². The summed E-state index contributed by atoms with van der Waals surface area (Å²) in [6, 6.07) is 9.94. The largest absolute Gasteiger partial charge is 0.497 e. The van der Waals surface area contributed by atoms with Crippen LogP contribution in [0.4, 0.5) is 0 Å². The first-order chi connectivity index (χ1) is 11.2. The number of hydrogen-bond acceptors (Lipinski definition) is 3. The van der Waals surface area contributed by atoms with Gasteiger partial charge in [0.25, 0.3) is 5.91 Å². The third kappa shape index (κ3) is 3.09. The molecule has 1 aromatic carbocycles. The second-order valence-electron chi connectivity index (χ2n) is 7.29. The van der Waals surface area contributed by atoms with Crippen LogP contribution in [0.5, 0.6) is 5.75 Å². The number of hydrogen-bond donors (Lipinski definition) is 1. The summed E-state index contributed by atoms with van der Waals surface area (Å²) in [7, 11) is 1.64. The molecule has 4 heteroatoms. The van der Waals surface area contributed by atoms with Crippen molar-refractivity contribution in [3.05, 3.63) is 29.8 Å². The Kier molecular flexibility index (Phi) is 4.02. The average molecular weight is 314 g/mol. The summed E-state index contributed by atoms with van der Waals surface area (Å²) in [5, 5.41) is 3.27. The van der Waals surface area contributed by atoms with Crippen LogP contribution in [0.2, 0.25) is 0 Å². The van der Waals surface area contributed by atoms with E-state index in [1.807, 2.05) is 24.3 Å². The van der Waals surface area contributed by atoms with E-state index >= 15 is 0 Å². The molecule has 1 aromatic rings. The van der Waals surface area contributed by atoms with E-state index in [1.165, 1.54) is 32.1 Å². The maximum absolute atomic E-state index is 12.5. The van der Waals surface area contributed by atoms with Gasteiger partial charge in [-0.2, -0.15) is 0 Å². The van der Waals surface area contributed by atoms with Crippen LogP contribution in [0.3, 0.4) is 0 Å². The molecule has 0 radical (unpaired) electrons. The molecule has 2 aliphatic heterocycles. The number of nitrogens with one attached hydrogen (secondary N) is 1. The van der Waals surface area contributed by atoms with Crippen molar-refractivity contribution in [3.8, 4) is 5.75 Å². The summed E-state index contributed by atoms with van der Waals surface area (Å²) in [5.41, 5.74) is 0.723. The Morgan fingerprint density at radius 2 is 1.70 bits per heavy atom. The molecule has 2 unspecified atom stereocenters. The number of carbonyl (C=O) groups excluding carboxylic acids is 1. The molecule has 3 aliphatic rings. The summed E-state index contributed by atoms with van der Waals surface area (Å²) < 4.78 is 5.15. The highest BCUT2D eigenvalue weighted by molar-refractivity contribution is 5.94. The molecule has 4 nitrogen and oxygen atoms in total. The minimum Gasteiger partial charge on any atom is -0.497 e. The van der Waals surface area contributed by atoms with Crippen LogP contribution in [0.1, 0.15) is 55.3 Å². The number of amides is 1. The first-order valence-corrected chi connectivity index (χ1v) is 8.97. The molecule has 2 heterocycles. The number of ether oxygens (including phenoxy) is 1. The molecule has 0 spiro atoms. The fourth-order valence-electron chi connectivity index (χ4n) is 4.52. The van der Waals surface area contributed by atoms with Gasteiger partial charge in [-0.15, -0.1) is 0 Å². The zero-order chi connectivity index (χ0) is 15.8. The van der Waals surface area contributed by atoms with Gasteiger partial charge in [0.2, 0.25) is 0 Å². The van der Waals surface area contributed by atoms with Crippen molar-refractivity contribution in [1.29, 1.82) is 0 Å². The zero-order valence-electron chi connectivity index (χ0n) is 13.8. The lowest BCUT2D eigenvalue weighted by molar-refractivity contribution is 0.0175. The number of nitrogens with zero attached hydrogens (tertiary/aromatic N) is 1. The Labute approximate surface area is 138 Å². The average Bonchev–Trinajstić information content (AvgIpc) is 3.39. The minimum atomic E-state index is 0.0515. The van der Waals surface area contributed by atoms with Gasteiger partial charge in [-0.3, -0.25) is 9.69 Å². The van der Waals surface area contributed by atoms with Gasteiger partial charge < -0.3 is 10.1 Å². The SMILES string of the molecule is COc1ccc(C(=O)NC2CC3CCCC(C2)N3C2CC2)cc1. The number of piperidine rings is 2. The van der Waals surface area contributed by atoms with Gasteiger partial charge >= 0.3 is 0 Å². The Morgan fingerprint density at radius 3 is 2.26 bits per heavy atom. The molecule has 4 rings (SSSR count). The smallest absolute Gasteiger partial charge is 0.251 e. The minimum absolute atomic E-state index is 0.0515. The van der Waals surface area contributed by atoms with Gasteiger partial charge in [-0.25, -0.2) is 0 Å². The van der Waals surface area contributed by atoms with Crippen LogP contribution in [0, 0.1) is 0 Å². The summed E-state index contributed by atoms with van der Waals surface area (Å²) in [5.74, 6) is 0.837. The van der Waals surface area contributed by atoms with E-state index < -0.39 is 0 Å². The second-order valence-corrected chi connectivity index (χ2v) is 7.29. The topological polar surface area (TPSA) is 41.6 Å². The lowest BCUT2D eigenvalue weighted by Crippen LogP contribution is -2.57. The quantitative estimate of drug-likeness (QED) is 0.929. The van der Waals surface area contributed by atoms with Crippen molar-refractivity contribution >= 4 is 5.91 Å². The first-order valence-electron chi connectivity index (χ1n) is 8.97. The lowest BCUT2D eigenvalue weighted by Gasteiger charge is -2.49. The number of methoxy groups -OCH3 is 1. The predicted octanol–water partition coefficient (Wildman–Crippen LogP) is 2.97. The van der Waals surface area contributed by atoms with E-state index in [2.05, 4.69) is 10.2 Å². The van der Waals surface area contributed by atoms with E-state index in [1.54, 1.807) is 7.11 Å². The molecule has 2 saturated heterocycles. The highest BCUT2D eigenvalue weighted by atomic mass is 16.5. The second kappa shape index (κ2) is 6.16.